The first-order valence-electron chi connectivity index (χ1n) is 7.64. The van der Waals surface area contributed by atoms with Gasteiger partial charge in [-0.1, -0.05) is 6.92 Å². The summed E-state index contributed by atoms with van der Waals surface area (Å²) < 4.78 is 5.66. The van der Waals surface area contributed by atoms with E-state index in [-0.39, 0.29) is 5.91 Å². The van der Waals surface area contributed by atoms with E-state index in [4.69, 9.17) is 4.74 Å². The van der Waals surface area contributed by atoms with E-state index in [9.17, 15) is 9.59 Å². The second-order valence-corrected chi connectivity index (χ2v) is 7.91. The van der Waals surface area contributed by atoms with Gasteiger partial charge in [0.2, 0.25) is 0 Å². The number of hydrogen-bond donors (Lipinski definition) is 1. The van der Waals surface area contributed by atoms with Gasteiger partial charge in [0.05, 0.1) is 18.2 Å². The van der Waals surface area contributed by atoms with E-state index in [0.717, 1.165) is 34.2 Å². The van der Waals surface area contributed by atoms with Crippen LogP contribution in [0.15, 0.2) is 22.9 Å². The molecule has 1 aliphatic carbocycles. The molecule has 0 spiro atoms. The fourth-order valence-electron chi connectivity index (χ4n) is 2.87. The number of methoxy groups -OCH3 is 1. The number of aromatic nitrogens is 1. The molecule has 0 radical (unpaired) electrons. The predicted molar refractivity (Wildman–Crippen MR) is 96.7 cm³/mol. The number of pyridine rings is 1. The second kappa shape index (κ2) is 7.03. The summed E-state index contributed by atoms with van der Waals surface area (Å²) >= 11 is 4.78. The maximum Gasteiger partial charge on any atom is 0.341 e. The van der Waals surface area contributed by atoms with Crippen molar-refractivity contribution in [2.24, 2.45) is 5.92 Å². The van der Waals surface area contributed by atoms with Crippen LogP contribution in [-0.4, -0.2) is 24.0 Å². The fourth-order valence-corrected chi connectivity index (χ4v) is 4.63. The molecule has 7 heteroatoms. The molecule has 0 aromatic carbocycles. The van der Waals surface area contributed by atoms with Crippen molar-refractivity contribution < 1.29 is 14.3 Å². The van der Waals surface area contributed by atoms with E-state index >= 15 is 0 Å². The fraction of sp³-hybridized carbons (Fsp3) is 0.353. The number of rotatable bonds is 3. The average molecular weight is 409 g/mol. The minimum absolute atomic E-state index is 0.291. The summed E-state index contributed by atoms with van der Waals surface area (Å²) in [7, 11) is 1.36. The Morgan fingerprint density at radius 1 is 1.42 bits per heavy atom. The van der Waals surface area contributed by atoms with Crippen molar-refractivity contribution in [2.45, 2.75) is 26.2 Å². The molecule has 0 fully saturated rings. The van der Waals surface area contributed by atoms with Gasteiger partial charge in [-0.2, -0.15) is 0 Å². The SMILES string of the molecule is COC(=O)c1c(NC(=O)c2cncc(Br)c2)sc2c1CC[C@@H](C)C2. The van der Waals surface area contributed by atoms with Gasteiger partial charge in [-0.3, -0.25) is 9.78 Å². The zero-order chi connectivity index (χ0) is 17.3. The van der Waals surface area contributed by atoms with Gasteiger partial charge in [0.25, 0.3) is 5.91 Å². The predicted octanol–water partition coefficient (Wildman–Crippen LogP) is 4.07. The number of thiophene rings is 1. The van der Waals surface area contributed by atoms with Crippen LogP contribution in [0.2, 0.25) is 0 Å². The molecule has 126 valence electrons. The van der Waals surface area contributed by atoms with Crippen LogP contribution in [0.5, 0.6) is 0 Å². The number of ether oxygens (including phenoxy) is 1. The molecule has 24 heavy (non-hydrogen) atoms. The van der Waals surface area contributed by atoms with Crippen molar-refractivity contribution in [3.63, 3.8) is 0 Å². The maximum absolute atomic E-state index is 12.5. The molecule has 2 heterocycles. The average Bonchev–Trinajstić information content (AvgIpc) is 2.90. The highest BCUT2D eigenvalue weighted by molar-refractivity contribution is 9.10. The molecule has 1 atom stereocenters. The molecule has 1 N–H and O–H groups in total. The Bertz CT molecular complexity index is 803. The lowest BCUT2D eigenvalue weighted by Crippen LogP contribution is -2.16. The summed E-state index contributed by atoms with van der Waals surface area (Å²) in [5, 5.41) is 3.42. The Morgan fingerprint density at radius 3 is 2.92 bits per heavy atom. The molecule has 0 saturated carbocycles. The zero-order valence-corrected chi connectivity index (χ0v) is 15.8. The number of halogens is 1. The van der Waals surface area contributed by atoms with Gasteiger partial charge >= 0.3 is 5.97 Å². The number of hydrogen-bond acceptors (Lipinski definition) is 5. The quantitative estimate of drug-likeness (QED) is 0.777. The second-order valence-electron chi connectivity index (χ2n) is 5.89. The summed E-state index contributed by atoms with van der Waals surface area (Å²) in [4.78, 5) is 29.9. The number of carbonyl (C=O) groups excluding carboxylic acids is 2. The largest absolute Gasteiger partial charge is 0.465 e. The van der Waals surface area contributed by atoms with E-state index < -0.39 is 5.97 Å². The Morgan fingerprint density at radius 2 is 2.21 bits per heavy atom. The third kappa shape index (κ3) is 3.37. The maximum atomic E-state index is 12.5. The molecule has 0 unspecified atom stereocenters. The third-order valence-corrected chi connectivity index (χ3v) is 5.70. The van der Waals surface area contributed by atoms with E-state index in [2.05, 4.69) is 33.2 Å². The Labute approximate surface area is 152 Å². The van der Waals surface area contributed by atoms with Crippen LogP contribution in [0.3, 0.4) is 0 Å². The third-order valence-electron chi connectivity index (χ3n) is 4.10. The molecule has 0 saturated heterocycles. The Hall–Kier alpha value is -1.73. The van der Waals surface area contributed by atoms with Gasteiger partial charge in [-0.25, -0.2) is 4.79 Å². The lowest BCUT2D eigenvalue weighted by Gasteiger charge is -2.18. The van der Waals surface area contributed by atoms with Crippen molar-refractivity contribution >= 4 is 44.1 Å². The number of esters is 1. The van der Waals surface area contributed by atoms with Crippen LogP contribution in [0.25, 0.3) is 0 Å². The van der Waals surface area contributed by atoms with E-state index in [0.29, 0.717) is 22.0 Å². The van der Waals surface area contributed by atoms with Gasteiger partial charge in [0.1, 0.15) is 5.00 Å². The minimum atomic E-state index is -0.398. The molecule has 1 amide bonds. The number of nitrogens with zero attached hydrogens (tertiary/aromatic N) is 1. The van der Waals surface area contributed by atoms with Crippen LogP contribution in [0, 0.1) is 5.92 Å². The number of amides is 1. The monoisotopic (exact) mass is 408 g/mol. The standard InChI is InChI=1S/C17H17BrN2O3S/c1-9-3-4-12-13(5-9)24-16(14(12)17(22)23-2)20-15(21)10-6-11(18)8-19-7-10/h6-9H,3-5H2,1-2H3,(H,20,21)/t9-/m1/s1. The first-order valence-corrected chi connectivity index (χ1v) is 9.25. The summed E-state index contributed by atoms with van der Waals surface area (Å²) in [6.07, 6.45) is 5.91. The minimum Gasteiger partial charge on any atom is -0.465 e. The summed E-state index contributed by atoms with van der Waals surface area (Å²) in [6.45, 7) is 2.20. The van der Waals surface area contributed by atoms with Crippen molar-refractivity contribution in [1.82, 2.24) is 4.98 Å². The van der Waals surface area contributed by atoms with E-state index in [1.54, 1.807) is 12.3 Å². The number of fused-ring (bicyclic) bond motifs is 1. The van der Waals surface area contributed by atoms with Crippen LogP contribution in [0.4, 0.5) is 5.00 Å². The lowest BCUT2D eigenvalue weighted by molar-refractivity contribution is 0.0601. The van der Waals surface area contributed by atoms with Gasteiger partial charge in [-0.15, -0.1) is 11.3 Å². The van der Waals surface area contributed by atoms with Crippen LogP contribution in [0.1, 0.15) is 44.5 Å². The molecule has 3 rings (SSSR count). The first-order chi connectivity index (χ1) is 11.5. The number of carbonyl (C=O) groups is 2. The first kappa shape index (κ1) is 17.1. The van der Waals surface area contributed by atoms with Crippen molar-refractivity contribution in [2.75, 3.05) is 12.4 Å². The summed E-state index contributed by atoms with van der Waals surface area (Å²) in [5.74, 6) is -0.107. The Kier molecular flexibility index (Phi) is 5.01. The van der Waals surface area contributed by atoms with Crippen molar-refractivity contribution in [3.05, 3.63) is 44.5 Å². The molecular weight excluding hydrogens is 392 g/mol. The normalized spacial score (nSPS) is 16.4. The Balaban J connectivity index is 1.95. The number of anilines is 1. The molecular formula is C17H17BrN2O3S. The zero-order valence-electron chi connectivity index (χ0n) is 13.4. The summed E-state index contributed by atoms with van der Waals surface area (Å²) in [6, 6.07) is 1.69. The van der Waals surface area contributed by atoms with Crippen LogP contribution >= 0.6 is 27.3 Å². The van der Waals surface area contributed by atoms with E-state index in [1.165, 1.54) is 24.6 Å². The highest BCUT2D eigenvalue weighted by Crippen LogP contribution is 2.40. The molecule has 2 aromatic rings. The van der Waals surface area contributed by atoms with Crippen molar-refractivity contribution in [1.29, 1.82) is 0 Å². The van der Waals surface area contributed by atoms with Gasteiger partial charge in [-0.05, 0) is 52.7 Å². The van der Waals surface area contributed by atoms with Gasteiger partial charge in [0.15, 0.2) is 0 Å². The van der Waals surface area contributed by atoms with Crippen LogP contribution in [-0.2, 0) is 17.6 Å². The smallest absolute Gasteiger partial charge is 0.341 e. The number of nitrogens with one attached hydrogen (secondary N) is 1. The molecule has 0 bridgehead atoms. The highest BCUT2D eigenvalue weighted by atomic mass is 79.9. The lowest BCUT2D eigenvalue weighted by atomic mass is 9.88. The molecule has 2 aromatic heterocycles. The molecule has 5 nitrogen and oxygen atoms in total. The van der Waals surface area contributed by atoms with E-state index in [1.807, 2.05) is 0 Å². The van der Waals surface area contributed by atoms with Crippen LogP contribution < -0.4 is 5.32 Å². The molecule has 1 aliphatic rings. The summed E-state index contributed by atoms with van der Waals surface area (Å²) in [5.41, 5.74) is 1.95. The van der Waals surface area contributed by atoms with Gasteiger partial charge in [0, 0.05) is 21.7 Å². The topological polar surface area (TPSA) is 68.3 Å². The van der Waals surface area contributed by atoms with Crippen molar-refractivity contribution in [3.8, 4) is 0 Å². The highest BCUT2D eigenvalue weighted by Gasteiger charge is 2.29. The molecule has 0 aliphatic heterocycles. The van der Waals surface area contributed by atoms with Gasteiger partial charge < -0.3 is 10.1 Å².